The van der Waals surface area contributed by atoms with E-state index < -0.39 is 32.7 Å². The van der Waals surface area contributed by atoms with Gasteiger partial charge in [0.25, 0.3) is 0 Å². The first-order valence-electron chi connectivity index (χ1n) is 8.23. The van der Waals surface area contributed by atoms with E-state index >= 15 is 0 Å². The molecule has 1 unspecified atom stereocenters. The van der Waals surface area contributed by atoms with Crippen LogP contribution in [0.25, 0.3) is 0 Å². The number of piperazine rings is 1. The molecule has 0 amide bonds. The van der Waals surface area contributed by atoms with Gasteiger partial charge >= 0.3 is 6.18 Å². The first-order chi connectivity index (χ1) is 12.6. The normalized spacial score (nSPS) is 19.2. The molecule has 2 aromatic rings. The van der Waals surface area contributed by atoms with Crippen molar-refractivity contribution in [3.8, 4) is 0 Å². The fourth-order valence-corrected chi connectivity index (χ4v) is 5.24. The largest absolute Gasteiger partial charge is 0.416 e. The molecule has 0 aliphatic carbocycles. The Balaban J connectivity index is 0.00000280. The van der Waals surface area contributed by atoms with Gasteiger partial charge in [0.1, 0.15) is 4.90 Å². The monoisotopic (exact) mass is 454 g/mol. The Labute approximate surface area is 173 Å². The third-order valence-electron chi connectivity index (χ3n) is 4.56. The van der Waals surface area contributed by atoms with E-state index in [0.717, 1.165) is 17.7 Å². The molecule has 1 aliphatic heterocycles. The van der Waals surface area contributed by atoms with Crippen LogP contribution in [0.4, 0.5) is 13.2 Å². The second-order valence-electron chi connectivity index (χ2n) is 6.45. The summed E-state index contributed by atoms with van der Waals surface area (Å²) in [5, 5.41) is -0.228. The Morgan fingerprint density at radius 1 is 1.07 bits per heavy atom. The highest BCUT2D eigenvalue weighted by molar-refractivity contribution is 7.89. The molecule has 0 saturated carbocycles. The van der Waals surface area contributed by atoms with Gasteiger partial charge in [0.15, 0.2) is 0 Å². The fourth-order valence-electron chi connectivity index (χ4n) is 3.14. The van der Waals surface area contributed by atoms with Crippen molar-refractivity contribution in [2.24, 2.45) is 0 Å². The molecule has 1 fully saturated rings. The molecule has 1 atom stereocenters. The van der Waals surface area contributed by atoms with Gasteiger partial charge in [-0.25, -0.2) is 8.42 Å². The molecule has 28 heavy (non-hydrogen) atoms. The summed E-state index contributed by atoms with van der Waals surface area (Å²) >= 11 is 5.99. The highest BCUT2D eigenvalue weighted by atomic mass is 35.5. The van der Waals surface area contributed by atoms with Crippen molar-refractivity contribution in [3.05, 3.63) is 64.7 Å². The van der Waals surface area contributed by atoms with Crippen LogP contribution in [-0.4, -0.2) is 44.3 Å². The zero-order chi connectivity index (χ0) is 19.8. The van der Waals surface area contributed by atoms with E-state index in [1.54, 1.807) is 24.3 Å². The molecule has 0 bridgehead atoms. The van der Waals surface area contributed by atoms with Gasteiger partial charge in [0.05, 0.1) is 16.6 Å². The van der Waals surface area contributed by atoms with Crippen molar-refractivity contribution in [2.45, 2.75) is 17.1 Å². The van der Waals surface area contributed by atoms with Crippen molar-refractivity contribution >= 4 is 34.0 Å². The lowest BCUT2D eigenvalue weighted by molar-refractivity contribution is -0.137. The predicted molar refractivity (Wildman–Crippen MR) is 104 cm³/mol. The highest BCUT2D eigenvalue weighted by Gasteiger charge is 2.39. The molecule has 154 valence electrons. The minimum atomic E-state index is -4.66. The van der Waals surface area contributed by atoms with Gasteiger partial charge in [0, 0.05) is 19.6 Å². The van der Waals surface area contributed by atoms with Gasteiger partial charge in [-0.1, -0.05) is 41.9 Å². The third-order valence-corrected chi connectivity index (χ3v) is 6.95. The van der Waals surface area contributed by atoms with Gasteiger partial charge in [-0.3, -0.25) is 0 Å². The van der Waals surface area contributed by atoms with E-state index in [0.29, 0.717) is 19.2 Å². The number of nitrogens with zero attached hydrogens (tertiary/aromatic N) is 2. The van der Waals surface area contributed by atoms with E-state index in [4.69, 9.17) is 11.6 Å². The number of alkyl halides is 3. The number of halogens is 5. The number of benzene rings is 2. The van der Waals surface area contributed by atoms with E-state index in [-0.39, 0.29) is 24.0 Å². The highest BCUT2D eigenvalue weighted by Crippen LogP contribution is 2.37. The molecule has 1 aliphatic rings. The smallest absolute Gasteiger partial charge is 0.303 e. The number of rotatable bonds is 3. The first-order valence-corrected chi connectivity index (χ1v) is 10.0. The molecule has 0 N–H and O–H groups in total. The summed E-state index contributed by atoms with van der Waals surface area (Å²) in [5.74, 6) is 0. The van der Waals surface area contributed by atoms with E-state index in [1.807, 2.05) is 18.0 Å². The van der Waals surface area contributed by atoms with Crippen LogP contribution >= 0.6 is 24.0 Å². The van der Waals surface area contributed by atoms with Gasteiger partial charge in [-0.05, 0) is 30.8 Å². The number of hydrogen-bond donors (Lipinski definition) is 0. The average molecular weight is 455 g/mol. The zero-order valence-electron chi connectivity index (χ0n) is 14.9. The van der Waals surface area contributed by atoms with E-state index in [1.165, 1.54) is 4.31 Å². The van der Waals surface area contributed by atoms with Crippen molar-refractivity contribution in [1.29, 1.82) is 0 Å². The van der Waals surface area contributed by atoms with Crippen LogP contribution in [0, 0.1) is 0 Å². The van der Waals surface area contributed by atoms with Crippen LogP contribution in [-0.2, 0) is 16.2 Å². The summed E-state index contributed by atoms with van der Waals surface area (Å²) in [7, 11) is -2.35. The lowest BCUT2D eigenvalue weighted by Gasteiger charge is -2.39. The first kappa shape index (κ1) is 23.0. The molecule has 1 heterocycles. The number of likely N-dealkylation sites (N-methyl/N-ethyl adjacent to an activating group) is 1. The molecule has 2 aromatic carbocycles. The minimum absolute atomic E-state index is 0. The van der Waals surface area contributed by atoms with E-state index in [9.17, 15) is 21.6 Å². The van der Waals surface area contributed by atoms with Gasteiger partial charge in [0.2, 0.25) is 10.0 Å². The second-order valence-corrected chi connectivity index (χ2v) is 8.71. The van der Waals surface area contributed by atoms with Gasteiger partial charge in [-0.2, -0.15) is 17.5 Å². The summed E-state index contributed by atoms with van der Waals surface area (Å²) in [6.07, 6.45) is -4.66. The molecular formula is C18H19Cl2F3N2O2S. The Bertz CT molecular complexity index is 924. The van der Waals surface area contributed by atoms with Crippen LogP contribution in [0.5, 0.6) is 0 Å². The van der Waals surface area contributed by atoms with Crippen LogP contribution in [0.2, 0.25) is 5.02 Å². The lowest BCUT2D eigenvalue weighted by atomic mass is 10.1. The van der Waals surface area contributed by atoms with Crippen molar-refractivity contribution in [1.82, 2.24) is 9.21 Å². The summed E-state index contributed by atoms with van der Waals surface area (Å²) < 4.78 is 66.9. The average Bonchev–Trinajstić information content (AvgIpc) is 2.61. The van der Waals surface area contributed by atoms with Crippen molar-refractivity contribution in [2.75, 3.05) is 26.7 Å². The maximum Gasteiger partial charge on any atom is 0.416 e. The number of hydrogen-bond acceptors (Lipinski definition) is 3. The summed E-state index contributed by atoms with van der Waals surface area (Å²) in [6, 6.07) is 10.9. The molecule has 4 nitrogen and oxygen atoms in total. The zero-order valence-corrected chi connectivity index (χ0v) is 17.2. The maximum absolute atomic E-state index is 13.2. The van der Waals surface area contributed by atoms with Crippen LogP contribution in [0.15, 0.2) is 53.4 Å². The lowest BCUT2D eigenvalue weighted by Crippen LogP contribution is -2.49. The topological polar surface area (TPSA) is 40.6 Å². The van der Waals surface area contributed by atoms with Crippen LogP contribution in [0.3, 0.4) is 0 Å². The Morgan fingerprint density at radius 3 is 2.32 bits per heavy atom. The van der Waals surface area contributed by atoms with Gasteiger partial charge < -0.3 is 4.90 Å². The second kappa shape index (κ2) is 8.59. The maximum atomic E-state index is 13.2. The molecule has 3 rings (SSSR count). The van der Waals surface area contributed by atoms with Crippen molar-refractivity contribution in [3.63, 3.8) is 0 Å². The predicted octanol–water partition coefficient (Wildman–Crippen LogP) is 4.46. The molecule has 0 aromatic heterocycles. The Morgan fingerprint density at radius 2 is 1.71 bits per heavy atom. The Hall–Kier alpha value is -1.32. The SMILES string of the molecule is CN1CCN(S(=O)(=O)c2cc(C(F)(F)F)ccc2Cl)C(c2ccccc2)C1.Cl. The quantitative estimate of drug-likeness (QED) is 0.687. The Kier molecular flexibility index (Phi) is 7.04. The molecule has 0 radical (unpaired) electrons. The van der Waals surface area contributed by atoms with Crippen molar-refractivity contribution < 1.29 is 21.6 Å². The van der Waals surface area contributed by atoms with Crippen LogP contribution in [0.1, 0.15) is 17.2 Å². The fraction of sp³-hybridized carbons (Fsp3) is 0.333. The standard InChI is InChI=1S/C18H18ClF3N2O2S.ClH/c1-23-9-10-24(16(12-23)13-5-3-2-4-6-13)27(25,26)17-11-14(18(20,21)22)7-8-15(17)19;/h2-8,11,16H,9-10,12H2,1H3;1H. The summed E-state index contributed by atoms with van der Waals surface area (Å²) in [6.45, 7) is 1.06. The minimum Gasteiger partial charge on any atom is -0.303 e. The third kappa shape index (κ3) is 4.63. The molecule has 0 spiro atoms. The number of sulfonamides is 1. The van der Waals surface area contributed by atoms with Gasteiger partial charge in [-0.15, -0.1) is 12.4 Å². The molecule has 1 saturated heterocycles. The summed E-state index contributed by atoms with van der Waals surface area (Å²) in [5.41, 5.74) is -0.272. The summed E-state index contributed by atoms with van der Waals surface area (Å²) in [4.78, 5) is 1.46. The molecule has 10 heteroatoms. The van der Waals surface area contributed by atoms with E-state index in [2.05, 4.69) is 0 Å². The molecular weight excluding hydrogens is 436 g/mol. The van der Waals surface area contributed by atoms with Crippen LogP contribution < -0.4 is 0 Å².